The van der Waals surface area contributed by atoms with Crippen molar-refractivity contribution in [3.05, 3.63) is 29.8 Å². The summed E-state index contributed by atoms with van der Waals surface area (Å²) in [5.41, 5.74) is 5.37. The number of rotatable bonds is 7. The SMILES string of the molecule is NCCNC(=O)c1ccccc1NS(=O)(=O)CC(=O)O. The van der Waals surface area contributed by atoms with Gasteiger partial charge in [0.2, 0.25) is 10.0 Å². The van der Waals surface area contributed by atoms with Crippen molar-refractivity contribution < 1.29 is 23.1 Å². The monoisotopic (exact) mass is 301 g/mol. The van der Waals surface area contributed by atoms with Gasteiger partial charge in [0.05, 0.1) is 11.3 Å². The molecule has 0 unspecified atom stereocenters. The molecule has 0 aliphatic carbocycles. The first-order valence-electron chi connectivity index (χ1n) is 5.65. The van der Waals surface area contributed by atoms with Crippen LogP contribution in [-0.4, -0.2) is 44.2 Å². The zero-order valence-electron chi connectivity index (χ0n) is 10.5. The number of nitrogens with one attached hydrogen (secondary N) is 2. The van der Waals surface area contributed by atoms with Gasteiger partial charge >= 0.3 is 5.97 Å². The van der Waals surface area contributed by atoms with Crippen LogP contribution in [0.25, 0.3) is 0 Å². The van der Waals surface area contributed by atoms with Crippen LogP contribution in [0.1, 0.15) is 10.4 Å². The Kier molecular flexibility index (Phi) is 5.47. The van der Waals surface area contributed by atoms with E-state index in [0.717, 1.165) is 0 Å². The fourth-order valence-electron chi connectivity index (χ4n) is 1.42. The van der Waals surface area contributed by atoms with Crippen LogP contribution in [0.5, 0.6) is 0 Å². The summed E-state index contributed by atoms with van der Waals surface area (Å²) in [5, 5.41) is 11.0. The Bertz CT molecular complexity index is 600. The van der Waals surface area contributed by atoms with Gasteiger partial charge in [0, 0.05) is 13.1 Å². The molecule has 0 aromatic heterocycles. The Hall–Kier alpha value is -2.13. The van der Waals surface area contributed by atoms with Crippen LogP contribution in [0.2, 0.25) is 0 Å². The fourth-order valence-corrected chi connectivity index (χ4v) is 2.33. The van der Waals surface area contributed by atoms with Gasteiger partial charge in [0.15, 0.2) is 5.75 Å². The Morgan fingerprint density at radius 2 is 1.90 bits per heavy atom. The van der Waals surface area contributed by atoms with Crippen LogP contribution in [-0.2, 0) is 14.8 Å². The van der Waals surface area contributed by atoms with Crippen molar-refractivity contribution in [1.82, 2.24) is 5.32 Å². The molecule has 1 aromatic carbocycles. The molecule has 0 saturated heterocycles. The van der Waals surface area contributed by atoms with Crippen LogP contribution in [0.3, 0.4) is 0 Å². The summed E-state index contributed by atoms with van der Waals surface area (Å²) in [5.74, 6) is -3.06. The Morgan fingerprint density at radius 3 is 2.50 bits per heavy atom. The van der Waals surface area contributed by atoms with E-state index in [1.807, 2.05) is 0 Å². The number of carbonyl (C=O) groups is 2. The van der Waals surface area contributed by atoms with Crippen LogP contribution in [0.4, 0.5) is 5.69 Å². The summed E-state index contributed by atoms with van der Waals surface area (Å²) < 4.78 is 25.2. The highest BCUT2D eigenvalue weighted by Crippen LogP contribution is 2.16. The Morgan fingerprint density at radius 1 is 1.25 bits per heavy atom. The summed E-state index contributed by atoms with van der Waals surface area (Å²) in [4.78, 5) is 22.3. The smallest absolute Gasteiger partial charge is 0.320 e. The number of anilines is 1. The predicted molar refractivity (Wildman–Crippen MR) is 72.9 cm³/mol. The van der Waals surface area contributed by atoms with Gasteiger partial charge in [-0.1, -0.05) is 12.1 Å². The van der Waals surface area contributed by atoms with Crippen LogP contribution in [0.15, 0.2) is 24.3 Å². The second-order valence-corrected chi connectivity index (χ2v) is 5.57. The molecular weight excluding hydrogens is 286 g/mol. The number of carbonyl (C=O) groups excluding carboxylic acids is 1. The first kappa shape index (κ1) is 15.9. The molecule has 0 bridgehead atoms. The maximum atomic E-state index is 11.8. The number of benzene rings is 1. The third-order valence-corrected chi connectivity index (χ3v) is 3.34. The molecule has 0 heterocycles. The lowest BCUT2D eigenvalue weighted by Gasteiger charge is -2.11. The highest BCUT2D eigenvalue weighted by Gasteiger charge is 2.19. The number of sulfonamides is 1. The second kappa shape index (κ2) is 6.87. The largest absolute Gasteiger partial charge is 0.480 e. The molecule has 5 N–H and O–H groups in total. The highest BCUT2D eigenvalue weighted by molar-refractivity contribution is 7.93. The molecule has 1 aromatic rings. The average molecular weight is 301 g/mol. The van der Waals surface area contributed by atoms with Gasteiger partial charge in [-0.3, -0.25) is 14.3 Å². The Labute approximate surface area is 116 Å². The zero-order chi connectivity index (χ0) is 15.2. The van der Waals surface area contributed by atoms with E-state index < -0.39 is 27.7 Å². The molecule has 0 aliphatic rings. The van der Waals surface area contributed by atoms with Crippen molar-refractivity contribution in [3.8, 4) is 0 Å². The number of aliphatic carboxylic acids is 1. The third kappa shape index (κ3) is 4.86. The number of carboxylic acids is 1. The van der Waals surface area contributed by atoms with E-state index >= 15 is 0 Å². The highest BCUT2D eigenvalue weighted by atomic mass is 32.2. The lowest BCUT2D eigenvalue weighted by molar-refractivity contribution is -0.134. The van der Waals surface area contributed by atoms with E-state index in [0.29, 0.717) is 0 Å². The normalized spacial score (nSPS) is 10.8. The molecule has 1 amide bonds. The minimum Gasteiger partial charge on any atom is -0.480 e. The molecule has 0 fully saturated rings. The van der Waals surface area contributed by atoms with Crippen molar-refractivity contribution in [2.75, 3.05) is 23.6 Å². The van der Waals surface area contributed by atoms with Crippen molar-refractivity contribution in [3.63, 3.8) is 0 Å². The van der Waals surface area contributed by atoms with Crippen LogP contribution < -0.4 is 15.8 Å². The zero-order valence-corrected chi connectivity index (χ0v) is 11.3. The molecule has 20 heavy (non-hydrogen) atoms. The van der Waals surface area contributed by atoms with Crippen LogP contribution >= 0.6 is 0 Å². The van der Waals surface area contributed by atoms with Gasteiger partial charge in [-0.25, -0.2) is 8.42 Å². The molecule has 0 atom stereocenters. The van der Waals surface area contributed by atoms with E-state index in [1.54, 1.807) is 6.07 Å². The van der Waals surface area contributed by atoms with Gasteiger partial charge in [0.1, 0.15) is 0 Å². The number of carboxylic acid groups (broad SMARTS) is 1. The standard InChI is InChI=1S/C11H15N3O5S/c12-5-6-13-11(17)8-3-1-2-4-9(8)14-20(18,19)7-10(15)16/h1-4,14H,5-7,12H2,(H,13,17)(H,15,16). The van der Waals surface area contributed by atoms with E-state index in [9.17, 15) is 18.0 Å². The summed E-state index contributed by atoms with van der Waals surface area (Å²) >= 11 is 0. The summed E-state index contributed by atoms with van der Waals surface area (Å²) in [6.45, 7) is 0.494. The maximum Gasteiger partial charge on any atom is 0.320 e. The third-order valence-electron chi connectivity index (χ3n) is 2.18. The molecule has 0 saturated carbocycles. The number of nitrogens with two attached hydrogens (primary N) is 1. The van der Waals surface area contributed by atoms with Crippen molar-refractivity contribution in [2.24, 2.45) is 5.73 Å². The number of amides is 1. The van der Waals surface area contributed by atoms with Gasteiger partial charge in [-0.05, 0) is 12.1 Å². The number of hydrogen-bond acceptors (Lipinski definition) is 5. The van der Waals surface area contributed by atoms with Gasteiger partial charge in [-0.15, -0.1) is 0 Å². The lowest BCUT2D eigenvalue weighted by Crippen LogP contribution is -2.30. The van der Waals surface area contributed by atoms with Gasteiger partial charge < -0.3 is 16.2 Å². The lowest BCUT2D eigenvalue weighted by atomic mass is 10.1. The maximum absolute atomic E-state index is 11.8. The summed E-state index contributed by atoms with van der Waals surface area (Å²) in [6.07, 6.45) is 0. The molecule has 0 aliphatic heterocycles. The molecule has 1 rings (SSSR count). The van der Waals surface area contributed by atoms with E-state index in [4.69, 9.17) is 10.8 Å². The first-order valence-corrected chi connectivity index (χ1v) is 7.30. The van der Waals surface area contributed by atoms with Gasteiger partial charge in [0.25, 0.3) is 5.91 Å². The molecular formula is C11H15N3O5S. The van der Waals surface area contributed by atoms with Crippen molar-refractivity contribution >= 4 is 27.6 Å². The quantitative estimate of drug-likeness (QED) is 0.520. The first-order chi connectivity index (χ1) is 9.35. The number of hydrogen-bond donors (Lipinski definition) is 4. The van der Waals surface area contributed by atoms with Crippen LogP contribution in [0, 0.1) is 0 Å². The Balaban J connectivity index is 2.96. The predicted octanol–water partition coefficient (Wildman–Crippen LogP) is -0.799. The molecule has 0 spiro atoms. The van der Waals surface area contributed by atoms with E-state index in [2.05, 4.69) is 10.0 Å². The fraction of sp³-hybridized carbons (Fsp3) is 0.273. The topological polar surface area (TPSA) is 139 Å². The molecule has 0 radical (unpaired) electrons. The number of para-hydroxylation sites is 1. The molecule has 110 valence electrons. The van der Waals surface area contributed by atoms with E-state index in [1.165, 1.54) is 18.2 Å². The van der Waals surface area contributed by atoms with Crippen molar-refractivity contribution in [2.45, 2.75) is 0 Å². The minimum absolute atomic E-state index is 0.0169. The second-order valence-electron chi connectivity index (χ2n) is 3.85. The van der Waals surface area contributed by atoms with E-state index in [-0.39, 0.29) is 24.3 Å². The summed E-state index contributed by atoms with van der Waals surface area (Å²) in [7, 11) is -4.06. The average Bonchev–Trinajstić information content (AvgIpc) is 2.34. The van der Waals surface area contributed by atoms with Gasteiger partial charge in [-0.2, -0.15) is 0 Å². The minimum atomic E-state index is -4.06. The van der Waals surface area contributed by atoms with Crippen molar-refractivity contribution in [1.29, 1.82) is 0 Å². The molecule has 8 nitrogen and oxygen atoms in total. The molecule has 9 heteroatoms. The summed E-state index contributed by atoms with van der Waals surface area (Å²) in [6, 6.07) is 5.88.